The summed E-state index contributed by atoms with van der Waals surface area (Å²) in [5.74, 6) is 0. The van der Waals surface area contributed by atoms with Crippen LogP contribution >= 0.6 is 0 Å². The third-order valence-electron chi connectivity index (χ3n) is 3.35. The molecule has 4 heteroatoms. The molecule has 0 unspecified atom stereocenters. The van der Waals surface area contributed by atoms with Gasteiger partial charge in [-0.2, -0.15) is 5.26 Å². The third-order valence-corrected chi connectivity index (χ3v) is 3.35. The maximum Gasteiger partial charge on any atom is 0.101 e. The average Bonchev–Trinajstić information content (AvgIpc) is 2.15. The first kappa shape index (κ1) is 9.49. The molecule has 2 aliphatic rings. The molecule has 1 spiro atoms. The Morgan fingerprint density at radius 1 is 1.38 bits per heavy atom. The highest BCUT2D eigenvalue weighted by atomic mass is 16.5. The molecule has 1 aromatic carbocycles. The first-order valence-electron chi connectivity index (χ1n) is 5.35. The van der Waals surface area contributed by atoms with Crippen LogP contribution in [0.25, 0.3) is 0 Å². The van der Waals surface area contributed by atoms with Crippen LogP contribution in [0.2, 0.25) is 0 Å². The van der Waals surface area contributed by atoms with Gasteiger partial charge in [0.1, 0.15) is 6.07 Å². The molecular weight excluding hydrogens is 202 g/mol. The first-order chi connectivity index (χ1) is 7.72. The Balaban J connectivity index is 1.83. The molecule has 3 rings (SSSR count). The van der Waals surface area contributed by atoms with E-state index in [-0.39, 0.29) is 0 Å². The van der Waals surface area contributed by atoms with Crippen molar-refractivity contribution in [3.63, 3.8) is 0 Å². The number of nitrogens with two attached hydrogens (primary N) is 1. The first-order valence-corrected chi connectivity index (χ1v) is 5.35. The van der Waals surface area contributed by atoms with Crippen LogP contribution in [0, 0.1) is 16.7 Å². The number of nitrogens with zero attached hydrogens (tertiary/aromatic N) is 2. The van der Waals surface area contributed by atoms with Gasteiger partial charge in [-0.1, -0.05) is 0 Å². The van der Waals surface area contributed by atoms with Crippen LogP contribution in [0.1, 0.15) is 5.56 Å². The van der Waals surface area contributed by atoms with Crippen molar-refractivity contribution in [1.29, 1.82) is 5.26 Å². The monoisotopic (exact) mass is 215 g/mol. The molecule has 0 aromatic heterocycles. The SMILES string of the molecule is N#Cc1cc(N)ccc1N1CC2(COC2)C1. The third kappa shape index (κ3) is 1.25. The van der Waals surface area contributed by atoms with Gasteiger partial charge in [0.25, 0.3) is 0 Å². The maximum absolute atomic E-state index is 9.06. The summed E-state index contributed by atoms with van der Waals surface area (Å²) in [5.41, 5.74) is 8.33. The van der Waals surface area contributed by atoms with E-state index in [0.29, 0.717) is 16.7 Å². The van der Waals surface area contributed by atoms with Crippen molar-refractivity contribution in [2.75, 3.05) is 36.9 Å². The van der Waals surface area contributed by atoms with Gasteiger partial charge in [-0.25, -0.2) is 0 Å². The van der Waals surface area contributed by atoms with E-state index in [0.717, 1.165) is 32.0 Å². The van der Waals surface area contributed by atoms with Crippen LogP contribution in [-0.2, 0) is 4.74 Å². The van der Waals surface area contributed by atoms with Crippen LogP contribution in [0.3, 0.4) is 0 Å². The lowest BCUT2D eigenvalue weighted by molar-refractivity contribution is -0.127. The summed E-state index contributed by atoms with van der Waals surface area (Å²) in [6, 6.07) is 7.71. The molecule has 0 saturated carbocycles. The minimum absolute atomic E-state index is 0.369. The lowest BCUT2D eigenvalue weighted by Gasteiger charge is -2.56. The molecule has 16 heavy (non-hydrogen) atoms. The number of anilines is 2. The van der Waals surface area contributed by atoms with Crippen molar-refractivity contribution >= 4 is 11.4 Å². The van der Waals surface area contributed by atoms with E-state index < -0.39 is 0 Å². The Hall–Kier alpha value is -1.73. The fraction of sp³-hybridized carbons (Fsp3) is 0.417. The van der Waals surface area contributed by atoms with E-state index in [2.05, 4.69) is 11.0 Å². The highest BCUT2D eigenvalue weighted by Gasteiger charge is 2.49. The summed E-state index contributed by atoms with van der Waals surface area (Å²) in [4.78, 5) is 2.22. The van der Waals surface area contributed by atoms with Gasteiger partial charge in [0.05, 0.1) is 29.9 Å². The van der Waals surface area contributed by atoms with Gasteiger partial charge in [-0.05, 0) is 18.2 Å². The number of hydrogen-bond acceptors (Lipinski definition) is 4. The Bertz CT molecular complexity index is 466. The Labute approximate surface area is 94.2 Å². The van der Waals surface area contributed by atoms with E-state index in [4.69, 9.17) is 15.7 Å². The highest BCUT2D eigenvalue weighted by molar-refractivity contribution is 5.65. The molecule has 0 amide bonds. The van der Waals surface area contributed by atoms with Crippen LogP contribution in [0.5, 0.6) is 0 Å². The largest absolute Gasteiger partial charge is 0.399 e. The molecule has 0 bridgehead atoms. The van der Waals surface area contributed by atoms with E-state index in [1.807, 2.05) is 12.1 Å². The Morgan fingerprint density at radius 3 is 2.69 bits per heavy atom. The number of ether oxygens (including phenoxy) is 1. The zero-order valence-electron chi connectivity index (χ0n) is 8.94. The highest BCUT2D eigenvalue weighted by Crippen LogP contribution is 2.41. The van der Waals surface area contributed by atoms with Gasteiger partial charge >= 0.3 is 0 Å². The van der Waals surface area contributed by atoms with E-state index in [9.17, 15) is 0 Å². The van der Waals surface area contributed by atoms with Crippen LogP contribution in [0.4, 0.5) is 11.4 Å². The van der Waals surface area contributed by atoms with Crippen LogP contribution in [0.15, 0.2) is 18.2 Å². The minimum atomic E-state index is 0.369. The summed E-state index contributed by atoms with van der Waals surface area (Å²) >= 11 is 0. The molecule has 0 aliphatic carbocycles. The van der Waals surface area contributed by atoms with Crippen LogP contribution in [-0.4, -0.2) is 26.3 Å². The molecule has 0 atom stereocenters. The molecule has 2 N–H and O–H groups in total. The van der Waals surface area contributed by atoms with Crippen molar-refractivity contribution in [2.45, 2.75) is 0 Å². The normalized spacial score (nSPS) is 21.1. The summed E-state index contributed by atoms with van der Waals surface area (Å²) < 4.78 is 5.23. The number of hydrogen-bond donors (Lipinski definition) is 1. The van der Waals surface area contributed by atoms with Crippen molar-refractivity contribution < 1.29 is 4.74 Å². The van der Waals surface area contributed by atoms with Crippen molar-refractivity contribution in [3.8, 4) is 6.07 Å². The average molecular weight is 215 g/mol. The quantitative estimate of drug-likeness (QED) is 0.709. The predicted molar refractivity (Wildman–Crippen MR) is 61.0 cm³/mol. The minimum Gasteiger partial charge on any atom is -0.399 e. The zero-order valence-corrected chi connectivity index (χ0v) is 8.94. The van der Waals surface area contributed by atoms with E-state index in [1.54, 1.807) is 6.07 Å². The summed E-state index contributed by atoms with van der Waals surface area (Å²) in [6.45, 7) is 3.71. The summed E-state index contributed by atoms with van der Waals surface area (Å²) in [6.07, 6.45) is 0. The topological polar surface area (TPSA) is 62.3 Å². The second-order valence-corrected chi connectivity index (χ2v) is 4.74. The molecule has 2 heterocycles. The molecule has 82 valence electrons. The molecular formula is C12H13N3O. The van der Waals surface area contributed by atoms with Crippen molar-refractivity contribution in [2.24, 2.45) is 5.41 Å². The molecule has 2 saturated heterocycles. The van der Waals surface area contributed by atoms with Gasteiger partial charge in [0.2, 0.25) is 0 Å². The lowest BCUT2D eigenvalue weighted by atomic mass is 9.77. The standard InChI is InChI=1S/C12H13N3O/c13-4-9-3-10(14)1-2-11(9)15-5-12(6-15)7-16-8-12/h1-3H,5-8,14H2. The van der Waals surface area contributed by atoms with E-state index >= 15 is 0 Å². The molecule has 0 radical (unpaired) electrons. The number of benzene rings is 1. The molecule has 2 aliphatic heterocycles. The fourth-order valence-electron chi connectivity index (χ4n) is 2.43. The Kier molecular flexibility index (Phi) is 1.86. The van der Waals surface area contributed by atoms with Crippen LogP contribution < -0.4 is 10.6 Å². The molecule has 4 nitrogen and oxygen atoms in total. The number of rotatable bonds is 1. The number of nitrogen functional groups attached to an aromatic ring is 1. The van der Waals surface area contributed by atoms with Gasteiger partial charge in [-0.3, -0.25) is 0 Å². The maximum atomic E-state index is 9.06. The molecule has 2 fully saturated rings. The van der Waals surface area contributed by atoms with Gasteiger partial charge < -0.3 is 15.4 Å². The van der Waals surface area contributed by atoms with Gasteiger partial charge in [0, 0.05) is 18.8 Å². The van der Waals surface area contributed by atoms with Gasteiger partial charge in [0.15, 0.2) is 0 Å². The van der Waals surface area contributed by atoms with Crippen molar-refractivity contribution in [1.82, 2.24) is 0 Å². The Morgan fingerprint density at radius 2 is 2.12 bits per heavy atom. The van der Waals surface area contributed by atoms with Gasteiger partial charge in [-0.15, -0.1) is 0 Å². The lowest BCUT2D eigenvalue weighted by Crippen LogP contribution is -2.66. The predicted octanol–water partition coefficient (Wildman–Crippen LogP) is 0.977. The molecule has 1 aromatic rings. The summed E-state index contributed by atoms with van der Waals surface area (Å²) in [5, 5.41) is 9.06. The van der Waals surface area contributed by atoms with Crippen molar-refractivity contribution in [3.05, 3.63) is 23.8 Å². The summed E-state index contributed by atoms with van der Waals surface area (Å²) in [7, 11) is 0. The van der Waals surface area contributed by atoms with E-state index in [1.165, 1.54) is 0 Å². The zero-order chi connectivity index (χ0) is 11.2. The second-order valence-electron chi connectivity index (χ2n) is 4.74. The number of nitriles is 1. The smallest absolute Gasteiger partial charge is 0.101 e. The fourth-order valence-corrected chi connectivity index (χ4v) is 2.43. The second kappa shape index (κ2) is 3.13.